The molecule has 172 valence electrons. The van der Waals surface area contributed by atoms with Crippen LogP contribution in [0.5, 0.6) is 11.5 Å². The summed E-state index contributed by atoms with van der Waals surface area (Å²) in [5.74, 6) is 0.160. The zero-order valence-corrected chi connectivity index (χ0v) is 19.7. The lowest BCUT2D eigenvalue weighted by molar-refractivity contribution is -0.133. The number of benzene rings is 3. The molecule has 0 bridgehead atoms. The summed E-state index contributed by atoms with van der Waals surface area (Å²) in [4.78, 5) is 37.6. The molecule has 0 aliphatic rings. The molecule has 0 unspecified atom stereocenters. The Morgan fingerprint density at radius 3 is 2.12 bits per heavy atom. The van der Waals surface area contributed by atoms with E-state index in [0.717, 1.165) is 5.39 Å². The number of hydrogen-bond acceptors (Lipinski definition) is 5. The largest absolute Gasteiger partial charge is 0.497 e. The van der Waals surface area contributed by atoms with Gasteiger partial charge in [0, 0.05) is 27.2 Å². The number of esters is 1. The Labute approximate surface area is 201 Å². The molecule has 0 radical (unpaired) electrons. The molecule has 0 saturated heterocycles. The number of ether oxygens (including phenoxy) is 2. The second kappa shape index (κ2) is 9.53. The molecule has 4 rings (SSSR count). The number of nitrogens with zero attached hydrogens (tertiary/aromatic N) is 1. The van der Waals surface area contributed by atoms with Crippen LogP contribution in [0.15, 0.2) is 66.7 Å². The summed E-state index contributed by atoms with van der Waals surface area (Å²) in [7, 11) is 1.56. The predicted molar refractivity (Wildman–Crippen MR) is 130 cm³/mol. The molecule has 7 heteroatoms. The summed E-state index contributed by atoms with van der Waals surface area (Å²) < 4.78 is 12.4. The Kier molecular flexibility index (Phi) is 6.52. The van der Waals surface area contributed by atoms with E-state index in [-0.39, 0.29) is 18.1 Å². The molecule has 3 aromatic carbocycles. The van der Waals surface area contributed by atoms with Gasteiger partial charge in [0.05, 0.1) is 19.0 Å². The van der Waals surface area contributed by atoms with Crippen LogP contribution in [0.4, 0.5) is 0 Å². The number of rotatable bonds is 6. The first kappa shape index (κ1) is 23.3. The molecule has 0 aliphatic heterocycles. The van der Waals surface area contributed by atoms with Gasteiger partial charge >= 0.3 is 5.97 Å². The van der Waals surface area contributed by atoms with Gasteiger partial charge in [0.25, 0.3) is 5.91 Å². The second-order valence-electron chi connectivity index (χ2n) is 7.83. The molecule has 1 aromatic heterocycles. The molecule has 6 nitrogen and oxygen atoms in total. The summed E-state index contributed by atoms with van der Waals surface area (Å²) in [6, 6.07) is 18.4. The number of Topliss-reactive ketones (excluding diaryl/α,β-unsaturated/α-hetero) is 1. The van der Waals surface area contributed by atoms with Crippen LogP contribution in [-0.2, 0) is 11.2 Å². The van der Waals surface area contributed by atoms with E-state index in [1.807, 2.05) is 0 Å². The molecule has 0 spiro atoms. The molecule has 4 aromatic rings. The summed E-state index contributed by atoms with van der Waals surface area (Å²) >= 11 is 5.97. The zero-order valence-electron chi connectivity index (χ0n) is 18.9. The molecular formula is C27H22ClNO5. The Morgan fingerprint density at radius 1 is 0.882 bits per heavy atom. The average molecular weight is 476 g/mol. The first-order chi connectivity index (χ1) is 16.3. The van der Waals surface area contributed by atoms with Crippen molar-refractivity contribution in [1.82, 2.24) is 4.57 Å². The third-order valence-electron chi connectivity index (χ3n) is 5.65. The summed E-state index contributed by atoms with van der Waals surface area (Å²) in [6.45, 7) is 3.27. The van der Waals surface area contributed by atoms with E-state index in [1.165, 1.54) is 6.92 Å². The molecule has 1 heterocycles. The highest BCUT2D eigenvalue weighted by Crippen LogP contribution is 2.31. The van der Waals surface area contributed by atoms with Gasteiger partial charge in [-0.3, -0.25) is 19.0 Å². The van der Waals surface area contributed by atoms with Crippen LogP contribution >= 0.6 is 11.6 Å². The van der Waals surface area contributed by atoms with Gasteiger partial charge in [-0.1, -0.05) is 11.6 Å². The zero-order chi connectivity index (χ0) is 24.4. The van der Waals surface area contributed by atoms with E-state index in [2.05, 4.69) is 0 Å². The van der Waals surface area contributed by atoms with E-state index >= 15 is 0 Å². The summed E-state index contributed by atoms with van der Waals surface area (Å²) in [6.07, 6.45) is -0.0507. The Morgan fingerprint density at radius 2 is 1.50 bits per heavy atom. The fraction of sp³-hybridized carbons (Fsp3) is 0.148. The Hall–Kier alpha value is -3.90. The molecule has 0 amide bonds. The van der Waals surface area contributed by atoms with Gasteiger partial charge in [-0.05, 0) is 86.1 Å². The van der Waals surface area contributed by atoms with Gasteiger partial charge in [0.15, 0.2) is 5.78 Å². The molecule has 0 fully saturated rings. The van der Waals surface area contributed by atoms with Crippen LogP contribution in [0.2, 0.25) is 5.02 Å². The molecule has 34 heavy (non-hydrogen) atoms. The molecule has 0 saturated carbocycles. The highest BCUT2D eigenvalue weighted by molar-refractivity contribution is 6.30. The second-order valence-corrected chi connectivity index (χ2v) is 8.26. The van der Waals surface area contributed by atoms with Gasteiger partial charge in [-0.2, -0.15) is 0 Å². The van der Waals surface area contributed by atoms with Crippen LogP contribution in [0, 0.1) is 6.92 Å². The number of halogens is 1. The van der Waals surface area contributed by atoms with Crippen molar-refractivity contribution in [3.8, 4) is 11.5 Å². The van der Waals surface area contributed by atoms with Crippen LogP contribution in [0.25, 0.3) is 10.9 Å². The Balaban J connectivity index is 1.70. The maximum Gasteiger partial charge on any atom is 0.315 e. The first-order valence-electron chi connectivity index (χ1n) is 10.6. The van der Waals surface area contributed by atoms with Crippen molar-refractivity contribution in [2.75, 3.05) is 7.11 Å². The van der Waals surface area contributed by atoms with Crippen LogP contribution in [-0.4, -0.2) is 29.3 Å². The van der Waals surface area contributed by atoms with E-state index in [1.54, 1.807) is 85.3 Å². The highest BCUT2D eigenvalue weighted by atomic mass is 35.5. The fourth-order valence-corrected chi connectivity index (χ4v) is 3.99. The van der Waals surface area contributed by atoms with E-state index in [0.29, 0.717) is 44.4 Å². The lowest BCUT2D eigenvalue weighted by atomic mass is 10.1. The van der Waals surface area contributed by atoms with Crippen LogP contribution in [0.1, 0.15) is 38.9 Å². The fourth-order valence-electron chi connectivity index (χ4n) is 3.87. The maximum atomic E-state index is 13.4. The van der Waals surface area contributed by atoms with Crippen molar-refractivity contribution < 1.29 is 23.9 Å². The smallest absolute Gasteiger partial charge is 0.315 e. The van der Waals surface area contributed by atoms with Crippen LogP contribution in [0.3, 0.4) is 0 Å². The Bertz CT molecular complexity index is 1400. The van der Waals surface area contributed by atoms with Gasteiger partial charge < -0.3 is 9.47 Å². The van der Waals surface area contributed by atoms with E-state index < -0.39 is 5.97 Å². The van der Waals surface area contributed by atoms with Crippen molar-refractivity contribution in [2.45, 2.75) is 20.3 Å². The van der Waals surface area contributed by atoms with Crippen molar-refractivity contribution in [1.29, 1.82) is 0 Å². The lowest BCUT2D eigenvalue weighted by Crippen LogP contribution is -2.15. The number of ketones is 1. The number of fused-ring (bicyclic) bond motifs is 1. The first-order valence-corrected chi connectivity index (χ1v) is 11.0. The average Bonchev–Trinajstić information content (AvgIpc) is 3.09. The number of hydrogen-bond donors (Lipinski definition) is 0. The molecule has 0 aliphatic carbocycles. The summed E-state index contributed by atoms with van der Waals surface area (Å²) in [5, 5.41) is 1.26. The van der Waals surface area contributed by atoms with Crippen molar-refractivity contribution >= 4 is 40.2 Å². The SMILES string of the molecule is COc1ccc2c(c1)c(CC(=O)Oc1ccc(C(C)=O)cc1)c(C)n2C(=O)c1ccc(Cl)cc1. The number of carbonyl (C=O) groups excluding carboxylic acids is 3. The van der Waals surface area contributed by atoms with Crippen molar-refractivity contribution in [2.24, 2.45) is 0 Å². The quantitative estimate of drug-likeness (QED) is 0.204. The van der Waals surface area contributed by atoms with Gasteiger partial charge in [-0.15, -0.1) is 0 Å². The minimum absolute atomic E-state index is 0.0507. The molecule has 0 N–H and O–H groups in total. The van der Waals surface area contributed by atoms with Gasteiger partial charge in [0.1, 0.15) is 11.5 Å². The maximum absolute atomic E-state index is 13.4. The minimum Gasteiger partial charge on any atom is -0.497 e. The highest BCUT2D eigenvalue weighted by Gasteiger charge is 2.22. The predicted octanol–water partition coefficient (Wildman–Crippen LogP) is 5.65. The third-order valence-corrected chi connectivity index (χ3v) is 5.90. The number of aromatic nitrogens is 1. The van der Waals surface area contributed by atoms with E-state index in [4.69, 9.17) is 21.1 Å². The lowest BCUT2D eigenvalue weighted by Gasteiger charge is -2.08. The third kappa shape index (κ3) is 4.58. The van der Waals surface area contributed by atoms with Crippen LogP contribution < -0.4 is 9.47 Å². The molecular weight excluding hydrogens is 454 g/mol. The van der Waals surface area contributed by atoms with Crippen molar-refractivity contribution in [3.05, 3.63) is 94.1 Å². The monoisotopic (exact) mass is 475 g/mol. The molecule has 0 atom stereocenters. The number of carbonyl (C=O) groups is 3. The normalized spacial score (nSPS) is 10.8. The van der Waals surface area contributed by atoms with Gasteiger partial charge in [-0.25, -0.2) is 0 Å². The van der Waals surface area contributed by atoms with E-state index in [9.17, 15) is 14.4 Å². The topological polar surface area (TPSA) is 74.6 Å². The number of methoxy groups -OCH3 is 1. The van der Waals surface area contributed by atoms with Gasteiger partial charge in [0.2, 0.25) is 0 Å². The standard InChI is InChI=1S/C27H22ClNO5/c1-16-23(15-26(31)34-21-10-6-18(7-11-21)17(2)30)24-14-22(33-3)12-13-25(24)29(16)27(32)19-4-8-20(28)9-5-19/h4-14H,15H2,1-3H3. The minimum atomic E-state index is -0.487. The summed E-state index contributed by atoms with van der Waals surface area (Å²) in [5.41, 5.74) is 2.96. The van der Waals surface area contributed by atoms with Crippen molar-refractivity contribution in [3.63, 3.8) is 0 Å².